The first kappa shape index (κ1) is 25.7. The van der Waals surface area contributed by atoms with E-state index in [9.17, 15) is 24.9 Å². The van der Waals surface area contributed by atoms with Gasteiger partial charge in [-0.1, -0.05) is 38.3 Å². The molecule has 158 valence electrons. The average molecular weight is 389 g/mol. The van der Waals surface area contributed by atoms with Gasteiger partial charge >= 0.3 is 5.97 Å². The van der Waals surface area contributed by atoms with Crippen molar-refractivity contribution in [3.05, 3.63) is 12.2 Å². The molecule has 8 nitrogen and oxygen atoms in total. The van der Waals surface area contributed by atoms with Crippen LogP contribution in [0.15, 0.2) is 12.2 Å². The second-order valence-electron chi connectivity index (χ2n) is 6.95. The Morgan fingerprint density at radius 3 is 2.19 bits per heavy atom. The zero-order valence-corrected chi connectivity index (χ0v) is 16.1. The van der Waals surface area contributed by atoms with E-state index in [0.717, 1.165) is 38.5 Å². The third kappa shape index (κ3) is 9.44. The van der Waals surface area contributed by atoms with Crippen LogP contribution >= 0.6 is 0 Å². The second-order valence-corrected chi connectivity index (χ2v) is 6.95. The summed E-state index contributed by atoms with van der Waals surface area (Å²) < 4.78 is 0. The van der Waals surface area contributed by atoms with Crippen molar-refractivity contribution >= 4 is 11.8 Å². The van der Waals surface area contributed by atoms with Crippen molar-refractivity contribution in [1.29, 1.82) is 0 Å². The van der Waals surface area contributed by atoms with Gasteiger partial charge in [0.05, 0.1) is 6.61 Å². The fraction of sp³-hybridized carbons (Fsp3) is 0.789. The number of nitrogens with two attached hydrogens (primary N) is 1. The molecule has 0 aliphatic rings. The van der Waals surface area contributed by atoms with Gasteiger partial charge < -0.3 is 31.3 Å². The molecule has 0 aromatic heterocycles. The molecule has 0 radical (unpaired) electrons. The number of hydrogen-bond donors (Lipinski definition) is 6. The molecule has 0 spiro atoms. The summed E-state index contributed by atoms with van der Waals surface area (Å²) in [6.45, 7) is 0.973. The first-order valence-corrected chi connectivity index (χ1v) is 9.56. The van der Waals surface area contributed by atoms with Crippen molar-refractivity contribution in [1.82, 2.24) is 0 Å². The summed E-state index contributed by atoms with van der Waals surface area (Å²) in [5.74, 6) is -1.37. The summed E-state index contributed by atoms with van der Waals surface area (Å²) in [5, 5.41) is 47.5. The van der Waals surface area contributed by atoms with E-state index < -0.39 is 36.4 Å². The Morgan fingerprint density at radius 2 is 1.63 bits per heavy atom. The number of allylic oxidation sites excluding steroid dienone is 1. The lowest BCUT2D eigenvalue weighted by Gasteiger charge is -2.32. The van der Waals surface area contributed by atoms with Crippen LogP contribution in [-0.2, 0) is 9.59 Å². The first-order valence-electron chi connectivity index (χ1n) is 9.56. The van der Waals surface area contributed by atoms with Crippen LogP contribution in [0, 0.1) is 0 Å². The van der Waals surface area contributed by atoms with Crippen LogP contribution in [0.25, 0.3) is 0 Å². The van der Waals surface area contributed by atoms with Gasteiger partial charge in [0.1, 0.15) is 24.1 Å². The number of hydrogen-bond acceptors (Lipinski definition) is 7. The van der Waals surface area contributed by atoms with Crippen LogP contribution in [0.2, 0.25) is 0 Å². The molecule has 0 fully saturated rings. The maximum absolute atomic E-state index is 11.5. The highest BCUT2D eigenvalue weighted by atomic mass is 16.4. The molecule has 0 amide bonds. The van der Waals surface area contributed by atoms with E-state index >= 15 is 0 Å². The number of carboxylic acids is 1. The zero-order valence-electron chi connectivity index (χ0n) is 16.1. The van der Waals surface area contributed by atoms with Crippen molar-refractivity contribution < 1.29 is 35.1 Å². The molecular weight excluding hydrogens is 354 g/mol. The van der Waals surface area contributed by atoms with E-state index in [4.69, 9.17) is 15.9 Å². The van der Waals surface area contributed by atoms with Crippen molar-refractivity contribution in [2.75, 3.05) is 6.61 Å². The molecule has 0 rings (SSSR count). The normalized spacial score (nSPS) is 17.4. The number of Topliss-reactive ketones (excluding diaryl/α,β-unsaturated/α-hetero) is 1. The maximum Gasteiger partial charge on any atom is 0.328 e. The maximum atomic E-state index is 11.5. The molecule has 27 heavy (non-hydrogen) atoms. The number of aliphatic carboxylic acids is 1. The molecule has 0 aromatic rings. The Labute approximate surface area is 160 Å². The fourth-order valence-electron chi connectivity index (χ4n) is 2.57. The van der Waals surface area contributed by atoms with Crippen molar-refractivity contribution in [2.45, 2.75) is 88.6 Å². The molecule has 4 atom stereocenters. The third-order valence-corrected chi connectivity index (χ3v) is 4.58. The Morgan fingerprint density at radius 1 is 1.04 bits per heavy atom. The minimum absolute atomic E-state index is 0.313. The Balaban J connectivity index is 4.08. The topological polar surface area (TPSA) is 161 Å². The predicted molar refractivity (Wildman–Crippen MR) is 101 cm³/mol. The van der Waals surface area contributed by atoms with Crippen LogP contribution < -0.4 is 5.73 Å². The lowest BCUT2D eigenvalue weighted by Crippen LogP contribution is -2.65. The number of carbonyl (C=O) groups is 2. The highest BCUT2D eigenvalue weighted by Crippen LogP contribution is 2.15. The number of ketones is 1. The largest absolute Gasteiger partial charge is 0.480 e. The van der Waals surface area contributed by atoms with E-state index in [2.05, 4.69) is 6.92 Å². The summed E-state index contributed by atoms with van der Waals surface area (Å²) in [6.07, 6.45) is 4.98. The van der Waals surface area contributed by atoms with E-state index in [1.54, 1.807) is 6.08 Å². The van der Waals surface area contributed by atoms with Crippen LogP contribution in [0.1, 0.15) is 64.7 Å². The van der Waals surface area contributed by atoms with E-state index in [1.807, 2.05) is 0 Å². The van der Waals surface area contributed by atoms with Crippen molar-refractivity contribution in [3.63, 3.8) is 0 Å². The van der Waals surface area contributed by atoms with Gasteiger partial charge in [-0.15, -0.1) is 0 Å². The van der Waals surface area contributed by atoms with E-state index in [0.29, 0.717) is 25.0 Å². The molecule has 0 heterocycles. The summed E-state index contributed by atoms with van der Waals surface area (Å²) in [7, 11) is 0. The molecule has 0 aliphatic carbocycles. The van der Waals surface area contributed by atoms with Crippen LogP contribution in [0.5, 0.6) is 0 Å². The molecule has 0 aliphatic heterocycles. The molecular formula is C19H35NO7. The molecule has 0 aromatic carbocycles. The molecule has 0 saturated heterocycles. The fourth-order valence-corrected chi connectivity index (χ4v) is 2.57. The number of unbranched alkanes of at least 4 members (excludes halogenated alkanes) is 5. The predicted octanol–water partition coefficient (Wildman–Crippen LogP) is 0.500. The number of carboxylic acid groups (broad SMARTS) is 1. The minimum Gasteiger partial charge on any atom is -0.480 e. The van der Waals surface area contributed by atoms with Gasteiger partial charge in [-0.25, -0.2) is 0 Å². The summed E-state index contributed by atoms with van der Waals surface area (Å²) in [5.41, 5.74) is 2.92. The smallest absolute Gasteiger partial charge is 0.328 e. The number of carbonyl (C=O) groups excluding carboxylic acids is 1. The Kier molecular flexibility index (Phi) is 13.1. The monoisotopic (exact) mass is 389 g/mol. The van der Waals surface area contributed by atoms with Gasteiger partial charge in [0.2, 0.25) is 0 Å². The highest BCUT2D eigenvalue weighted by Gasteiger charge is 2.46. The number of aliphatic hydroxyl groups excluding tert-OH is 4. The van der Waals surface area contributed by atoms with Gasteiger partial charge in [0.15, 0.2) is 5.54 Å². The lowest BCUT2D eigenvalue weighted by molar-refractivity contribution is -0.158. The Hall–Kier alpha value is -1.32. The van der Waals surface area contributed by atoms with E-state index in [-0.39, 0.29) is 0 Å². The molecule has 0 unspecified atom stereocenters. The van der Waals surface area contributed by atoms with Gasteiger partial charge in [-0.2, -0.15) is 0 Å². The SMILES string of the molecule is CCCCC(=O)CCCCCC/C=C/[C@H](O)[C@@H](O)[C@H](O)[C@@](N)(CO)C(=O)O. The molecule has 0 bridgehead atoms. The molecule has 8 heteroatoms. The van der Waals surface area contributed by atoms with E-state index in [1.165, 1.54) is 6.08 Å². The quantitative estimate of drug-likeness (QED) is 0.164. The standard InChI is InChI=1S/C19H35NO7/c1-2-3-10-14(22)11-8-6-4-5-7-9-12-15(23)16(24)17(25)19(20,13-21)18(26)27/h9,12,15-17,21,23-25H,2-8,10-11,13,20H2,1H3,(H,26,27)/b12-9+/t15-,16+,17-,19-/m0/s1. The minimum atomic E-state index is -2.46. The number of rotatable bonds is 16. The summed E-state index contributed by atoms with van der Waals surface area (Å²) in [6, 6.07) is 0. The highest BCUT2D eigenvalue weighted by molar-refractivity contribution is 5.79. The molecule has 0 saturated carbocycles. The van der Waals surface area contributed by atoms with Crippen molar-refractivity contribution in [3.8, 4) is 0 Å². The van der Waals surface area contributed by atoms with Gasteiger partial charge in [-0.3, -0.25) is 9.59 Å². The summed E-state index contributed by atoms with van der Waals surface area (Å²) in [4.78, 5) is 22.5. The summed E-state index contributed by atoms with van der Waals surface area (Å²) >= 11 is 0. The van der Waals surface area contributed by atoms with Crippen LogP contribution in [0.3, 0.4) is 0 Å². The average Bonchev–Trinajstić information content (AvgIpc) is 2.65. The number of aliphatic hydroxyl groups is 4. The van der Waals surface area contributed by atoms with Crippen LogP contribution in [0.4, 0.5) is 0 Å². The zero-order chi connectivity index (χ0) is 20.9. The van der Waals surface area contributed by atoms with Gasteiger partial charge in [0, 0.05) is 12.8 Å². The van der Waals surface area contributed by atoms with Crippen molar-refractivity contribution in [2.24, 2.45) is 5.73 Å². The molecule has 7 N–H and O–H groups in total. The Bertz CT molecular complexity index is 469. The van der Waals surface area contributed by atoms with Crippen LogP contribution in [-0.4, -0.2) is 67.7 Å². The second kappa shape index (κ2) is 13.8. The van der Waals surface area contributed by atoms with Gasteiger partial charge in [0.25, 0.3) is 0 Å². The van der Waals surface area contributed by atoms with Gasteiger partial charge in [-0.05, 0) is 25.7 Å². The third-order valence-electron chi connectivity index (χ3n) is 4.58. The lowest BCUT2D eigenvalue weighted by atomic mass is 9.88. The first-order chi connectivity index (χ1) is 12.7.